The van der Waals surface area contributed by atoms with Gasteiger partial charge in [-0.15, -0.1) is 5.10 Å². The molecule has 1 N–H and O–H groups in total. The molecule has 1 fully saturated rings. The molecule has 9 heteroatoms. The first-order chi connectivity index (χ1) is 17.3. The Kier molecular flexibility index (Phi) is 8.54. The number of morpholine rings is 1. The number of nitrogens with zero attached hydrogens (tertiary/aromatic N) is 6. The predicted molar refractivity (Wildman–Crippen MR) is 142 cm³/mol. The second-order valence-corrected chi connectivity index (χ2v) is 10.5. The number of aromatic amines is 1. The number of benzene rings is 1. The Hall–Kier alpha value is -2.62. The second kappa shape index (κ2) is 11.6. The van der Waals surface area contributed by atoms with Crippen LogP contribution in [0.2, 0.25) is 0 Å². The molecule has 196 valence electrons. The van der Waals surface area contributed by atoms with E-state index in [1.165, 1.54) is 0 Å². The fourth-order valence-corrected chi connectivity index (χ4v) is 5.02. The minimum Gasteiger partial charge on any atom is -0.379 e. The van der Waals surface area contributed by atoms with Gasteiger partial charge < -0.3 is 9.72 Å². The zero-order valence-electron chi connectivity index (χ0n) is 22.5. The number of fused-ring (bicyclic) bond motifs is 1. The van der Waals surface area contributed by atoms with Gasteiger partial charge in [0.1, 0.15) is 0 Å². The standard InChI is InChI=1S/C27H41N7O2/c1-6-23(25-29-30-31-34(25)27(4,5)7-2)33(13-9-12-32-14-16-36-17-15-32)19-22-18-21-11-8-10-20(3)24(21)28-26(22)35/h8,10-11,18,23H,6-7,9,12-17,19H2,1-5H3,(H,28,35)/t23-/m0/s1. The molecule has 0 saturated carbocycles. The number of rotatable bonds is 11. The topological polar surface area (TPSA) is 92.2 Å². The van der Waals surface area contributed by atoms with Gasteiger partial charge in [0.05, 0.1) is 30.3 Å². The molecular formula is C27H41N7O2. The summed E-state index contributed by atoms with van der Waals surface area (Å²) in [4.78, 5) is 21.1. The van der Waals surface area contributed by atoms with Crippen LogP contribution in [0, 0.1) is 6.92 Å². The van der Waals surface area contributed by atoms with E-state index >= 15 is 0 Å². The van der Waals surface area contributed by atoms with Crippen molar-refractivity contribution in [3.05, 3.63) is 51.6 Å². The molecule has 1 aliphatic rings. The molecule has 3 heterocycles. The number of pyridine rings is 1. The van der Waals surface area contributed by atoms with Crippen LogP contribution in [0.1, 0.15) is 70.0 Å². The number of hydrogen-bond acceptors (Lipinski definition) is 7. The highest BCUT2D eigenvalue weighted by Crippen LogP contribution is 2.29. The summed E-state index contributed by atoms with van der Waals surface area (Å²) in [5.74, 6) is 0.865. The molecule has 0 bridgehead atoms. The average molecular weight is 496 g/mol. The van der Waals surface area contributed by atoms with Crippen molar-refractivity contribution in [2.24, 2.45) is 0 Å². The molecule has 1 aromatic carbocycles. The monoisotopic (exact) mass is 495 g/mol. The molecule has 2 aromatic heterocycles. The molecule has 1 aliphatic heterocycles. The van der Waals surface area contributed by atoms with Crippen molar-refractivity contribution in [3.8, 4) is 0 Å². The van der Waals surface area contributed by atoms with Gasteiger partial charge in [-0.1, -0.05) is 32.0 Å². The molecule has 1 saturated heterocycles. The molecular weight excluding hydrogens is 454 g/mol. The molecule has 0 amide bonds. The molecule has 36 heavy (non-hydrogen) atoms. The number of tetrazole rings is 1. The van der Waals surface area contributed by atoms with Crippen molar-refractivity contribution < 1.29 is 4.74 Å². The van der Waals surface area contributed by atoms with E-state index in [4.69, 9.17) is 4.74 Å². The van der Waals surface area contributed by atoms with Crippen molar-refractivity contribution in [1.29, 1.82) is 0 Å². The van der Waals surface area contributed by atoms with Crippen LogP contribution in [-0.2, 0) is 16.8 Å². The van der Waals surface area contributed by atoms with Gasteiger partial charge in [-0.25, -0.2) is 4.68 Å². The van der Waals surface area contributed by atoms with Gasteiger partial charge in [0.25, 0.3) is 5.56 Å². The fraction of sp³-hybridized carbons (Fsp3) is 0.630. The molecule has 0 spiro atoms. The van der Waals surface area contributed by atoms with E-state index in [9.17, 15) is 4.79 Å². The van der Waals surface area contributed by atoms with Gasteiger partial charge >= 0.3 is 0 Å². The number of ether oxygens (including phenoxy) is 1. The highest BCUT2D eigenvalue weighted by molar-refractivity contribution is 5.81. The number of aryl methyl sites for hydroxylation is 1. The summed E-state index contributed by atoms with van der Waals surface area (Å²) in [7, 11) is 0. The maximum atomic E-state index is 13.2. The Bertz CT molecular complexity index is 1200. The number of hydrogen-bond donors (Lipinski definition) is 1. The van der Waals surface area contributed by atoms with Crippen LogP contribution in [-0.4, -0.2) is 74.4 Å². The van der Waals surface area contributed by atoms with Crippen LogP contribution >= 0.6 is 0 Å². The quantitative estimate of drug-likeness (QED) is 0.434. The number of para-hydroxylation sites is 1. The molecule has 4 rings (SSSR count). The van der Waals surface area contributed by atoms with E-state index in [1.54, 1.807) is 0 Å². The van der Waals surface area contributed by atoms with E-state index in [0.717, 1.165) is 86.5 Å². The minimum absolute atomic E-state index is 0.00289. The summed E-state index contributed by atoms with van der Waals surface area (Å²) >= 11 is 0. The van der Waals surface area contributed by atoms with Crippen molar-refractivity contribution in [1.82, 2.24) is 35.0 Å². The fourth-order valence-electron chi connectivity index (χ4n) is 5.02. The van der Waals surface area contributed by atoms with E-state index in [0.29, 0.717) is 6.54 Å². The second-order valence-electron chi connectivity index (χ2n) is 10.5. The van der Waals surface area contributed by atoms with E-state index in [1.807, 2.05) is 29.8 Å². The number of H-pyrrole nitrogens is 1. The van der Waals surface area contributed by atoms with Crippen LogP contribution in [0.5, 0.6) is 0 Å². The van der Waals surface area contributed by atoms with Crippen molar-refractivity contribution in [3.63, 3.8) is 0 Å². The van der Waals surface area contributed by atoms with Crippen molar-refractivity contribution in [2.75, 3.05) is 39.4 Å². The molecule has 0 unspecified atom stereocenters. The van der Waals surface area contributed by atoms with Crippen molar-refractivity contribution in [2.45, 2.75) is 72.0 Å². The van der Waals surface area contributed by atoms with Gasteiger partial charge in [-0.2, -0.15) is 0 Å². The summed E-state index contributed by atoms with van der Waals surface area (Å²) in [5, 5.41) is 14.0. The minimum atomic E-state index is -0.191. The molecule has 3 aromatic rings. The van der Waals surface area contributed by atoms with Crippen LogP contribution in [0.3, 0.4) is 0 Å². The first-order valence-corrected chi connectivity index (χ1v) is 13.3. The third-order valence-corrected chi connectivity index (χ3v) is 7.62. The summed E-state index contributed by atoms with van der Waals surface area (Å²) in [6.07, 6.45) is 2.77. The van der Waals surface area contributed by atoms with E-state index in [2.05, 4.69) is 64.1 Å². The van der Waals surface area contributed by atoms with Crippen LogP contribution in [0.4, 0.5) is 0 Å². The number of nitrogens with one attached hydrogen (secondary N) is 1. The smallest absolute Gasteiger partial charge is 0.252 e. The van der Waals surface area contributed by atoms with Crippen LogP contribution < -0.4 is 5.56 Å². The van der Waals surface area contributed by atoms with Gasteiger partial charge in [-0.3, -0.25) is 14.6 Å². The molecule has 9 nitrogen and oxygen atoms in total. The molecule has 1 atom stereocenters. The third kappa shape index (κ3) is 5.85. The normalized spacial score (nSPS) is 16.2. The van der Waals surface area contributed by atoms with Gasteiger partial charge in [-0.05, 0) is 74.0 Å². The van der Waals surface area contributed by atoms with E-state index < -0.39 is 0 Å². The first kappa shape index (κ1) is 26.4. The largest absolute Gasteiger partial charge is 0.379 e. The van der Waals surface area contributed by atoms with Crippen LogP contribution in [0.15, 0.2) is 29.1 Å². The highest BCUT2D eigenvalue weighted by Gasteiger charge is 2.31. The predicted octanol–water partition coefficient (Wildman–Crippen LogP) is 3.64. The molecule has 0 radical (unpaired) electrons. The van der Waals surface area contributed by atoms with Gasteiger partial charge in [0, 0.05) is 31.7 Å². The van der Waals surface area contributed by atoms with Gasteiger partial charge in [0.2, 0.25) is 0 Å². The summed E-state index contributed by atoms with van der Waals surface area (Å²) in [6.45, 7) is 16.6. The molecule has 0 aliphatic carbocycles. The maximum Gasteiger partial charge on any atom is 0.252 e. The average Bonchev–Trinajstić information content (AvgIpc) is 3.37. The lowest BCUT2D eigenvalue weighted by Gasteiger charge is -2.34. The summed E-state index contributed by atoms with van der Waals surface area (Å²) < 4.78 is 7.48. The Morgan fingerprint density at radius 1 is 1.22 bits per heavy atom. The van der Waals surface area contributed by atoms with Gasteiger partial charge in [0.15, 0.2) is 5.82 Å². The third-order valence-electron chi connectivity index (χ3n) is 7.62. The first-order valence-electron chi connectivity index (χ1n) is 13.3. The Morgan fingerprint density at radius 3 is 2.72 bits per heavy atom. The Labute approximate surface area is 213 Å². The summed E-state index contributed by atoms with van der Waals surface area (Å²) in [5.41, 5.74) is 2.53. The van der Waals surface area contributed by atoms with Crippen molar-refractivity contribution >= 4 is 10.9 Å². The lowest BCUT2D eigenvalue weighted by molar-refractivity contribution is 0.0348. The Balaban J connectivity index is 1.64. The lowest BCUT2D eigenvalue weighted by atomic mass is 10.0. The van der Waals surface area contributed by atoms with Crippen LogP contribution in [0.25, 0.3) is 10.9 Å². The lowest BCUT2D eigenvalue weighted by Crippen LogP contribution is -2.40. The van der Waals surface area contributed by atoms with E-state index in [-0.39, 0.29) is 17.1 Å². The zero-order valence-corrected chi connectivity index (χ0v) is 22.5. The zero-order chi connectivity index (χ0) is 25.7. The SMILES string of the molecule is CC[C@@H](c1nnnn1C(C)(C)CC)N(CCCN1CCOCC1)Cc1cc2cccc(C)c2[nH]c1=O. The highest BCUT2D eigenvalue weighted by atomic mass is 16.5. The summed E-state index contributed by atoms with van der Waals surface area (Å²) in [6, 6.07) is 8.17. The number of aromatic nitrogens is 5. The Morgan fingerprint density at radius 2 is 2.00 bits per heavy atom. The maximum absolute atomic E-state index is 13.2.